The minimum atomic E-state index is -0.802. The molecule has 5 aromatic rings. The summed E-state index contributed by atoms with van der Waals surface area (Å²) >= 11 is 0. The third-order valence-corrected chi connectivity index (χ3v) is 8.25. The molecular formula is C40H45N5O4. The number of guanidine groups is 1. The largest absolute Gasteiger partial charge is 0.493 e. The van der Waals surface area contributed by atoms with Crippen LogP contribution in [0.5, 0.6) is 11.5 Å². The second kappa shape index (κ2) is 17.0. The topological polar surface area (TPSA) is 141 Å². The van der Waals surface area contributed by atoms with Crippen molar-refractivity contribution >= 4 is 39.3 Å². The van der Waals surface area contributed by atoms with E-state index < -0.39 is 11.9 Å². The van der Waals surface area contributed by atoms with Crippen LogP contribution in [-0.4, -0.2) is 43.6 Å². The number of carbonyl (C=O) groups is 2. The number of nitrogens with two attached hydrogens (primary N) is 2. The number of amides is 2. The summed E-state index contributed by atoms with van der Waals surface area (Å²) in [6.07, 6.45) is 1.76. The number of hydrogen-bond acceptors (Lipinski definition) is 5. The highest BCUT2D eigenvalue weighted by Crippen LogP contribution is 2.45. The first-order valence-electron chi connectivity index (χ1n) is 16.8. The molecule has 2 amide bonds. The van der Waals surface area contributed by atoms with Gasteiger partial charge in [0, 0.05) is 24.2 Å². The third-order valence-electron chi connectivity index (χ3n) is 8.25. The molecule has 0 aliphatic rings. The Labute approximate surface area is 287 Å². The number of aliphatic imine (C=N–C) groups is 1. The van der Waals surface area contributed by atoms with Gasteiger partial charge in [-0.25, -0.2) is 0 Å². The number of ether oxygens (including phenoxy) is 2. The molecule has 0 saturated carbocycles. The summed E-state index contributed by atoms with van der Waals surface area (Å²) in [4.78, 5) is 30.7. The number of hydrogen-bond donors (Lipinski definition) is 4. The van der Waals surface area contributed by atoms with E-state index in [2.05, 4.69) is 59.8 Å². The van der Waals surface area contributed by atoms with Gasteiger partial charge >= 0.3 is 0 Å². The van der Waals surface area contributed by atoms with Gasteiger partial charge in [-0.15, -0.1) is 0 Å². The average molecular weight is 660 g/mol. The van der Waals surface area contributed by atoms with Gasteiger partial charge in [0.2, 0.25) is 5.91 Å². The van der Waals surface area contributed by atoms with Crippen LogP contribution < -0.4 is 31.6 Å². The van der Waals surface area contributed by atoms with Crippen LogP contribution in [0.2, 0.25) is 0 Å². The monoisotopic (exact) mass is 659 g/mol. The molecule has 5 aromatic carbocycles. The maximum absolute atomic E-state index is 13.4. The molecule has 0 aliphatic heterocycles. The number of carbonyl (C=O) groups excluding carboxylic acids is 2. The molecule has 0 spiro atoms. The van der Waals surface area contributed by atoms with Gasteiger partial charge in [0.25, 0.3) is 5.91 Å². The van der Waals surface area contributed by atoms with Crippen molar-refractivity contribution in [1.29, 1.82) is 0 Å². The highest BCUT2D eigenvalue weighted by Gasteiger charge is 2.23. The Morgan fingerprint density at radius 2 is 1.33 bits per heavy atom. The molecule has 49 heavy (non-hydrogen) atoms. The molecule has 0 aliphatic carbocycles. The Morgan fingerprint density at radius 3 is 1.94 bits per heavy atom. The smallest absolute Gasteiger partial charge is 0.258 e. The van der Waals surface area contributed by atoms with Crippen molar-refractivity contribution < 1.29 is 19.1 Å². The van der Waals surface area contributed by atoms with E-state index in [9.17, 15) is 9.59 Å². The van der Waals surface area contributed by atoms with Gasteiger partial charge in [-0.3, -0.25) is 14.6 Å². The van der Waals surface area contributed by atoms with Crippen molar-refractivity contribution in [2.24, 2.45) is 22.4 Å². The quantitative estimate of drug-likeness (QED) is 0.0555. The molecule has 0 heterocycles. The number of nitrogens with zero attached hydrogens (tertiary/aromatic N) is 1. The molecule has 9 heteroatoms. The van der Waals surface area contributed by atoms with Gasteiger partial charge in [0.1, 0.15) is 17.5 Å². The normalized spacial score (nSPS) is 11.7. The minimum Gasteiger partial charge on any atom is -0.493 e. The van der Waals surface area contributed by atoms with Crippen LogP contribution in [0.15, 0.2) is 108 Å². The summed E-state index contributed by atoms with van der Waals surface area (Å²) in [5.41, 5.74) is 13.7. The van der Waals surface area contributed by atoms with Gasteiger partial charge in [0.15, 0.2) is 12.6 Å². The van der Waals surface area contributed by atoms with E-state index in [0.29, 0.717) is 44.2 Å². The van der Waals surface area contributed by atoms with E-state index in [1.54, 1.807) is 0 Å². The highest BCUT2D eigenvalue weighted by molar-refractivity contribution is 6.09. The molecule has 254 valence electrons. The van der Waals surface area contributed by atoms with E-state index >= 15 is 0 Å². The number of nitrogens with one attached hydrogen (secondary N) is 2. The van der Waals surface area contributed by atoms with Gasteiger partial charge < -0.3 is 31.6 Å². The highest BCUT2D eigenvalue weighted by atomic mass is 16.5. The van der Waals surface area contributed by atoms with Gasteiger partial charge in [-0.1, -0.05) is 105 Å². The summed E-state index contributed by atoms with van der Waals surface area (Å²) in [6, 6.07) is 33.0. The van der Waals surface area contributed by atoms with Gasteiger partial charge in [0.05, 0.1) is 6.61 Å². The summed E-state index contributed by atoms with van der Waals surface area (Å²) in [5.74, 6) is 1.04. The minimum absolute atomic E-state index is 0.0200. The van der Waals surface area contributed by atoms with Crippen molar-refractivity contribution in [3.63, 3.8) is 0 Å². The van der Waals surface area contributed by atoms with Crippen LogP contribution >= 0.6 is 0 Å². The summed E-state index contributed by atoms with van der Waals surface area (Å²) in [6.45, 7) is 5.30. The molecule has 0 fully saturated rings. The van der Waals surface area contributed by atoms with E-state index in [1.165, 1.54) is 0 Å². The van der Waals surface area contributed by atoms with Crippen LogP contribution in [0, 0.1) is 5.92 Å². The Hall–Kier alpha value is -5.57. The van der Waals surface area contributed by atoms with E-state index in [4.69, 9.17) is 20.9 Å². The van der Waals surface area contributed by atoms with Crippen LogP contribution in [-0.2, 0) is 16.1 Å². The first-order valence-corrected chi connectivity index (χ1v) is 16.8. The molecule has 0 aromatic heterocycles. The standard InChI is InChI=1S/C40H45N5O4/c1-27(2)22-24-48-34-20-18-29-13-6-8-15-31(29)37(34)38-32-16-9-7-14-30(32)19-21-35(38)49-26-36(46)45-33(17-10-23-43-40(41)42)39(47)44-25-28-11-4-3-5-12-28/h3-9,11-16,18-21,27,33H,10,17,22-26H2,1-2H3,(H,44,47)(H,45,46)(H4,41,42,43)/t33-/m1/s1. The molecule has 5 rings (SSSR count). The Morgan fingerprint density at radius 1 is 0.735 bits per heavy atom. The lowest BCUT2D eigenvalue weighted by atomic mass is 9.92. The molecule has 0 unspecified atom stereocenters. The van der Waals surface area contributed by atoms with Crippen molar-refractivity contribution in [2.75, 3.05) is 19.8 Å². The predicted molar refractivity (Wildman–Crippen MR) is 197 cm³/mol. The summed E-state index contributed by atoms with van der Waals surface area (Å²) in [7, 11) is 0. The van der Waals surface area contributed by atoms with E-state index in [-0.39, 0.29) is 18.5 Å². The van der Waals surface area contributed by atoms with Crippen LogP contribution in [0.4, 0.5) is 0 Å². The average Bonchev–Trinajstić information content (AvgIpc) is 3.11. The fourth-order valence-electron chi connectivity index (χ4n) is 5.72. The fraction of sp³-hybridized carbons (Fsp3) is 0.275. The summed E-state index contributed by atoms with van der Waals surface area (Å²) in [5, 5.41) is 9.90. The number of rotatable bonds is 16. The van der Waals surface area contributed by atoms with Crippen LogP contribution in [0.1, 0.15) is 38.7 Å². The van der Waals surface area contributed by atoms with Gasteiger partial charge in [-0.2, -0.15) is 0 Å². The first kappa shape index (κ1) is 34.8. The molecular weight excluding hydrogens is 614 g/mol. The van der Waals surface area contributed by atoms with Crippen molar-refractivity contribution in [1.82, 2.24) is 10.6 Å². The van der Waals surface area contributed by atoms with Crippen molar-refractivity contribution in [3.8, 4) is 22.6 Å². The Kier molecular flexibility index (Phi) is 12.1. The zero-order valence-electron chi connectivity index (χ0n) is 28.2. The molecule has 9 nitrogen and oxygen atoms in total. The molecule has 0 saturated heterocycles. The summed E-state index contributed by atoms with van der Waals surface area (Å²) < 4.78 is 12.8. The van der Waals surface area contributed by atoms with Crippen molar-refractivity contribution in [3.05, 3.63) is 109 Å². The molecule has 6 N–H and O–H groups in total. The van der Waals surface area contributed by atoms with E-state index in [1.807, 2.05) is 72.8 Å². The van der Waals surface area contributed by atoms with E-state index in [0.717, 1.165) is 50.4 Å². The molecule has 1 atom stereocenters. The first-order chi connectivity index (χ1) is 23.8. The lowest BCUT2D eigenvalue weighted by Crippen LogP contribution is -2.48. The maximum atomic E-state index is 13.4. The number of benzene rings is 5. The zero-order valence-corrected chi connectivity index (χ0v) is 28.2. The third kappa shape index (κ3) is 9.50. The number of fused-ring (bicyclic) bond motifs is 2. The van der Waals surface area contributed by atoms with Crippen LogP contribution in [0.3, 0.4) is 0 Å². The van der Waals surface area contributed by atoms with Crippen molar-refractivity contribution in [2.45, 2.75) is 45.7 Å². The fourth-order valence-corrected chi connectivity index (χ4v) is 5.72. The molecule has 0 bridgehead atoms. The second-order valence-electron chi connectivity index (χ2n) is 12.4. The second-order valence-corrected chi connectivity index (χ2v) is 12.4. The van der Waals surface area contributed by atoms with Gasteiger partial charge in [-0.05, 0) is 64.4 Å². The zero-order chi connectivity index (χ0) is 34.6. The lowest BCUT2D eigenvalue weighted by molar-refractivity contribution is -0.130. The maximum Gasteiger partial charge on any atom is 0.258 e. The Bertz CT molecular complexity index is 1900. The predicted octanol–water partition coefficient (Wildman–Crippen LogP) is 6.32. The lowest BCUT2D eigenvalue weighted by Gasteiger charge is -2.21. The SMILES string of the molecule is CC(C)CCOc1ccc2ccccc2c1-c1c(OCC(=O)N[C@H](CCCN=C(N)N)C(=O)NCc2ccccc2)ccc2ccccc12. The van der Waals surface area contributed by atoms with Crippen LogP contribution in [0.25, 0.3) is 32.7 Å². The molecule has 0 radical (unpaired) electrons. The Balaban J connectivity index is 1.41.